The fraction of sp³-hybridized carbons (Fsp3) is 0.533. The summed E-state index contributed by atoms with van der Waals surface area (Å²) in [6.45, 7) is 7.76. The van der Waals surface area contributed by atoms with Crippen molar-refractivity contribution in [1.29, 1.82) is 0 Å². The Hall–Kier alpha value is -1.10. The number of halogens is 1. The number of aromatic hydroxyl groups is 1. The van der Waals surface area contributed by atoms with Gasteiger partial charge >= 0.3 is 0 Å². The van der Waals surface area contributed by atoms with E-state index in [4.69, 9.17) is 11.6 Å². The minimum Gasteiger partial charge on any atom is -0.507 e. The first-order valence-electron chi connectivity index (χ1n) is 6.97. The standard InChI is InChI=1S/C15H21ClN2O2/c1-10(2)12-7-11(16)8-13(15(12)20)14(19)9-18-5-3-17-4-6-18/h7-8,10,17,20H,3-6,9H2,1-2H3. The van der Waals surface area contributed by atoms with Crippen molar-refractivity contribution in [2.24, 2.45) is 0 Å². The molecule has 0 bridgehead atoms. The first-order valence-corrected chi connectivity index (χ1v) is 7.35. The van der Waals surface area contributed by atoms with E-state index in [0.29, 0.717) is 17.1 Å². The van der Waals surface area contributed by atoms with E-state index in [0.717, 1.165) is 31.7 Å². The zero-order chi connectivity index (χ0) is 14.7. The largest absolute Gasteiger partial charge is 0.507 e. The van der Waals surface area contributed by atoms with E-state index in [1.807, 2.05) is 13.8 Å². The summed E-state index contributed by atoms with van der Waals surface area (Å²) in [4.78, 5) is 14.5. The number of hydrogen-bond acceptors (Lipinski definition) is 4. The lowest BCUT2D eigenvalue weighted by Gasteiger charge is -2.26. The number of carbonyl (C=O) groups is 1. The summed E-state index contributed by atoms with van der Waals surface area (Å²) in [6.07, 6.45) is 0. The molecule has 1 aliphatic rings. The molecule has 2 rings (SSSR count). The summed E-state index contributed by atoms with van der Waals surface area (Å²) in [5.41, 5.74) is 1.06. The molecule has 0 amide bonds. The summed E-state index contributed by atoms with van der Waals surface area (Å²) in [5.74, 6) is 0.123. The molecule has 1 aromatic carbocycles. The van der Waals surface area contributed by atoms with E-state index in [1.165, 1.54) is 0 Å². The molecule has 5 heteroatoms. The van der Waals surface area contributed by atoms with Gasteiger partial charge in [0, 0.05) is 31.2 Å². The van der Waals surface area contributed by atoms with Crippen LogP contribution in [0.15, 0.2) is 12.1 Å². The van der Waals surface area contributed by atoms with Gasteiger partial charge in [-0.3, -0.25) is 9.69 Å². The zero-order valence-corrected chi connectivity index (χ0v) is 12.7. The van der Waals surface area contributed by atoms with Crippen LogP contribution in [0.2, 0.25) is 5.02 Å². The van der Waals surface area contributed by atoms with Gasteiger partial charge in [0.2, 0.25) is 0 Å². The van der Waals surface area contributed by atoms with Gasteiger partial charge in [-0.2, -0.15) is 0 Å². The third-order valence-electron chi connectivity index (χ3n) is 3.60. The summed E-state index contributed by atoms with van der Waals surface area (Å²) >= 11 is 6.07. The van der Waals surface area contributed by atoms with Crippen LogP contribution in [0.3, 0.4) is 0 Å². The summed E-state index contributed by atoms with van der Waals surface area (Å²) in [7, 11) is 0. The Kier molecular flexibility index (Phi) is 5.02. The Balaban J connectivity index is 2.20. The smallest absolute Gasteiger partial charge is 0.180 e. The molecule has 1 aromatic rings. The second-order valence-electron chi connectivity index (χ2n) is 5.50. The van der Waals surface area contributed by atoms with Crippen LogP contribution in [0.4, 0.5) is 0 Å². The maximum Gasteiger partial charge on any atom is 0.180 e. The molecule has 0 aromatic heterocycles. The summed E-state index contributed by atoms with van der Waals surface area (Å²) < 4.78 is 0. The minimum absolute atomic E-state index is 0.0736. The predicted molar refractivity (Wildman–Crippen MR) is 80.8 cm³/mol. The SMILES string of the molecule is CC(C)c1cc(Cl)cc(C(=O)CN2CCNCC2)c1O. The van der Waals surface area contributed by atoms with Crippen molar-refractivity contribution in [3.8, 4) is 5.75 Å². The average Bonchev–Trinajstić information content (AvgIpc) is 2.41. The molecular weight excluding hydrogens is 276 g/mol. The van der Waals surface area contributed by atoms with Gasteiger partial charge in [-0.25, -0.2) is 0 Å². The topological polar surface area (TPSA) is 52.6 Å². The van der Waals surface area contributed by atoms with Crippen LogP contribution in [0.1, 0.15) is 35.7 Å². The first-order chi connectivity index (χ1) is 9.49. The molecule has 0 saturated carbocycles. The number of nitrogens with zero attached hydrogens (tertiary/aromatic N) is 1. The van der Waals surface area contributed by atoms with Crippen molar-refractivity contribution < 1.29 is 9.90 Å². The minimum atomic E-state index is -0.0752. The molecule has 1 fully saturated rings. The molecule has 20 heavy (non-hydrogen) atoms. The Morgan fingerprint density at radius 2 is 2.05 bits per heavy atom. The fourth-order valence-electron chi connectivity index (χ4n) is 2.43. The van der Waals surface area contributed by atoms with E-state index >= 15 is 0 Å². The van der Waals surface area contributed by atoms with Crippen LogP contribution in [-0.2, 0) is 0 Å². The quantitative estimate of drug-likeness (QED) is 0.837. The predicted octanol–water partition coefficient (Wildman–Crippen LogP) is 2.26. The van der Waals surface area contributed by atoms with Gasteiger partial charge in [-0.05, 0) is 23.6 Å². The van der Waals surface area contributed by atoms with Crippen molar-refractivity contribution >= 4 is 17.4 Å². The van der Waals surface area contributed by atoms with E-state index in [-0.39, 0.29) is 17.5 Å². The molecular formula is C15H21ClN2O2. The maximum absolute atomic E-state index is 12.4. The molecule has 1 aliphatic heterocycles. The lowest BCUT2D eigenvalue weighted by Crippen LogP contribution is -2.45. The van der Waals surface area contributed by atoms with Gasteiger partial charge < -0.3 is 10.4 Å². The Labute approximate surface area is 124 Å². The maximum atomic E-state index is 12.4. The molecule has 0 unspecified atom stereocenters. The fourth-order valence-corrected chi connectivity index (χ4v) is 2.66. The average molecular weight is 297 g/mol. The Bertz CT molecular complexity index is 497. The highest BCUT2D eigenvalue weighted by Crippen LogP contribution is 2.32. The van der Waals surface area contributed by atoms with E-state index in [9.17, 15) is 9.90 Å². The molecule has 1 heterocycles. The summed E-state index contributed by atoms with van der Waals surface area (Å²) in [5, 5.41) is 14.0. The third-order valence-corrected chi connectivity index (χ3v) is 3.82. The highest BCUT2D eigenvalue weighted by atomic mass is 35.5. The van der Waals surface area contributed by atoms with Crippen LogP contribution in [0, 0.1) is 0 Å². The first kappa shape index (κ1) is 15.3. The number of ketones is 1. The van der Waals surface area contributed by atoms with Crippen molar-refractivity contribution in [3.63, 3.8) is 0 Å². The van der Waals surface area contributed by atoms with Crippen molar-refractivity contribution in [1.82, 2.24) is 10.2 Å². The molecule has 0 radical (unpaired) electrons. The van der Waals surface area contributed by atoms with Crippen LogP contribution < -0.4 is 5.32 Å². The number of hydrogen-bond donors (Lipinski definition) is 2. The second kappa shape index (κ2) is 6.57. The van der Waals surface area contributed by atoms with E-state index in [2.05, 4.69) is 10.2 Å². The van der Waals surface area contributed by atoms with Gasteiger partial charge in [0.25, 0.3) is 0 Å². The number of piperazine rings is 1. The number of phenols is 1. The van der Waals surface area contributed by atoms with Crippen LogP contribution in [0.25, 0.3) is 0 Å². The molecule has 110 valence electrons. The normalized spacial score (nSPS) is 16.6. The monoisotopic (exact) mass is 296 g/mol. The van der Waals surface area contributed by atoms with Gasteiger partial charge in [-0.15, -0.1) is 0 Å². The molecule has 0 spiro atoms. The molecule has 1 saturated heterocycles. The Morgan fingerprint density at radius 3 is 2.65 bits per heavy atom. The number of phenolic OH excluding ortho intramolecular Hbond substituents is 1. The number of carbonyl (C=O) groups excluding carboxylic acids is 1. The Morgan fingerprint density at radius 1 is 1.40 bits per heavy atom. The molecule has 4 nitrogen and oxygen atoms in total. The highest BCUT2D eigenvalue weighted by Gasteiger charge is 2.20. The van der Waals surface area contributed by atoms with Gasteiger partial charge in [0.15, 0.2) is 5.78 Å². The van der Waals surface area contributed by atoms with Gasteiger partial charge in [-0.1, -0.05) is 25.4 Å². The van der Waals surface area contributed by atoms with E-state index in [1.54, 1.807) is 12.1 Å². The third kappa shape index (κ3) is 3.51. The highest BCUT2D eigenvalue weighted by molar-refractivity contribution is 6.31. The number of rotatable bonds is 4. The van der Waals surface area contributed by atoms with Crippen LogP contribution >= 0.6 is 11.6 Å². The van der Waals surface area contributed by atoms with E-state index < -0.39 is 0 Å². The lowest BCUT2D eigenvalue weighted by molar-refractivity contribution is 0.0918. The number of benzene rings is 1. The number of Topliss-reactive ketones (excluding diaryl/α,β-unsaturated/α-hetero) is 1. The van der Waals surface area contributed by atoms with Gasteiger partial charge in [0.1, 0.15) is 5.75 Å². The summed E-state index contributed by atoms with van der Waals surface area (Å²) in [6, 6.07) is 3.29. The lowest BCUT2D eigenvalue weighted by atomic mass is 9.97. The van der Waals surface area contributed by atoms with Crippen LogP contribution in [-0.4, -0.2) is 48.5 Å². The van der Waals surface area contributed by atoms with Crippen molar-refractivity contribution in [2.45, 2.75) is 19.8 Å². The molecule has 2 N–H and O–H groups in total. The van der Waals surface area contributed by atoms with Gasteiger partial charge in [0.05, 0.1) is 12.1 Å². The molecule has 0 aliphatic carbocycles. The molecule has 0 atom stereocenters. The van der Waals surface area contributed by atoms with Crippen molar-refractivity contribution in [2.75, 3.05) is 32.7 Å². The zero-order valence-electron chi connectivity index (χ0n) is 11.9. The number of nitrogens with one attached hydrogen (secondary N) is 1. The van der Waals surface area contributed by atoms with Crippen LogP contribution in [0.5, 0.6) is 5.75 Å². The van der Waals surface area contributed by atoms with Crippen molar-refractivity contribution in [3.05, 3.63) is 28.3 Å². The second-order valence-corrected chi connectivity index (χ2v) is 5.93.